The van der Waals surface area contributed by atoms with Gasteiger partial charge in [-0.2, -0.15) is 4.98 Å². The number of aryl methyl sites for hydroxylation is 1. The molecule has 2 aromatic carbocycles. The predicted octanol–water partition coefficient (Wildman–Crippen LogP) is 5.53. The van der Waals surface area contributed by atoms with Crippen LogP contribution < -0.4 is 10.6 Å². The molecule has 0 amide bonds. The van der Waals surface area contributed by atoms with Gasteiger partial charge in [-0.25, -0.2) is 9.37 Å². The van der Waals surface area contributed by atoms with E-state index in [0.717, 1.165) is 17.1 Å². The molecule has 0 bridgehead atoms. The number of rotatable bonds is 5. The van der Waals surface area contributed by atoms with Gasteiger partial charge in [0.25, 0.3) is 0 Å². The molecule has 1 aromatic heterocycles. The fourth-order valence-electron chi connectivity index (χ4n) is 2.45. The molecular formula is C20H21FN4. The lowest BCUT2D eigenvalue weighted by Crippen LogP contribution is -2.02. The zero-order valence-corrected chi connectivity index (χ0v) is 14.5. The van der Waals surface area contributed by atoms with E-state index in [1.807, 2.05) is 25.1 Å². The van der Waals surface area contributed by atoms with Crippen LogP contribution in [-0.2, 0) is 0 Å². The van der Waals surface area contributed by atoms with Gasteiger partial charge in [-0.15, -0.1) is 0 Å². The number of aromatic nitrogens is 2. The Balaban J connectivity index is 1.77. The van der Waals surface area contributed by atoms with E-state index in [-0.39, 0.29) is 5.82 Å². The third-order valence-corrected chi connectivity index (χ3v) is 3.80. The van der Waals surface area contributed by atoms with Gasteiger partial charge in [0.2, 0.25) is 5.95 Å². The van der Waals surface area contributed by atoms with Crippen molar-refractivity contribution in [3.8, 4) is 0 Å². The maximum absolute atomic E-state index is 13.0. The van der Waals surface area contributed by atoms with E-state index in [4.69, 9.17) is 0 Å². The number of nitrogens with one attached hydrogen (secondary N) is 2. The van der Waals surface area contributed by atoms with Gasteiger partial charge in [0.15, 0.2) is 0 Å². The highest BCUT2D eigenvalue weighted by molar-refractivity contribution is 5.60. The molecule has 0 saturated carbocycles. The second-order valence-corrected chi connectivity index (χ2v) is 6.25. The van der Waals surface area contributed by atoms with Crippen LogP contribution in [0.4, 0.5) is 27.5 Å². The molecule has 1 heterocycles. The molecule has 128 valence electrons. The molecule has 2 N–H and O–H groups in total. The van der Waals surface area contributed by atoms with Crippen LogP contribution in [0.5, 0.6) is 0 Å². The summed E-state index contributed by atoms with van der Waals surface area (Å²) in [5.74, 6) is 1.40. The number of hydrogen-bond donors (Lipinski definition) is 2. The molecule has 0 fully saturated rings. The average molecular weight is 336 g/mol. The first-order chi connectivity index (χ1) is 12.0. The fourth-order valence-corrected chi connectivity index (χ4v) is 2.45. The summed E-state index contributed by atoms with van der Waals surface area (Å²) in [7, 11) is 0. The Kier molecular flexibility index (Phi) is 4.93. The van der Waals surface area contributed by atoms with Crippen LogP contribution in [-0.4, -0.2) is 9.97 Å². The standard InChI is InChI=1S/C20H21FN4/c1-13(2)15-4-8-18(9-5-15)24-20-22-14(3)12-19(25-20)23-17-10-6-16(21)7-11-17/h4-13H,1-3H3,(H2,22,23,24,25). The van der Waals surface area contributed by atoms with Gasteiger partial charge in [0.1, 0.15) is 11.6 Å². The van der Waals surface area contributed by atoms with Crippen molar-refractivity contribution < 1.29 is 4.39 Å². The van der Waals surface area contributed by atoms with E-state index >= 15 is 0 Å². The maximum Gasteiger partial charge on any atom is 0.229 e. The smallest absolute Gasteiger partial charge is 0.229 e. The monoisotopic (exact) mass is 336 g/mol. The van der Waals surface area contributed by atoms with Gasteiger partial charge in [-0.3, -0.25) is 0 Å². The minimum absolute atomic E-state index is 0.267. The zero-order valence-electron chi connectivity index (χ0n) is 14.5. The van der Waals surface area contributed by atoms with Gasteiger partial charge in [0.05, 0.1) is 0 Å². The molecule has 3 rings (SSSR count). The topological polar surface area (TPSA) is 49.8 Å². The van der Waals surface area contributed by atoms with E-state index in [2.05, 4.69) is 46.6 Å². The lowest BCUT2D eigenvalue weighted by molar-refractivity contribution is 0.628. The summed E-state index contributed by atoms with van der Waals surface area (Å²) in [4.78, 5) is 8.90. The Morgan fingerprint density at radius 1 is 0.840 bits per heavy atom. The molecule has 0 spiro atoms. The highest BCUT2D eigenvalue weighted by Gasteiger charge is 2.05. The summed E-state index contributed by atoms with van der Waals surface area (Å²) in [6, 6.07) is 16.2. The van der Waals surface area contributed by atoms with Crippen molar-refractivity contribution in [1.29, 1.82) is 0 Å². The summed E-state index contributed by atoms with van der Waals surface area (Å²) in [5, 5.41) is 6.39. The summed E-state index contributed by atoms with van der Waals surface area (Å²) in [5.41, 5.74) is 3.82. The van der Waals surface area contributed by atoms with E-state index in [1.165, 1.54) is 17.7 Å². The SMILES string of the molecule is Cc1cc(Nc2ccc(F)cc2)nc(Nc2ccc(C(C)C)cc2)n1. The van der Waals surface area contributed by atoms with Crippen molar-refractivity contribution in [2.45, 2.75) is 26.7 Å². The highest BCUT2D eigenvalue weighted by Crippen LogP contribution is 2.21. The first-order valence-corrected chi connectivity index (χ1v) is 8.25. The second-order valence-electron chi connectivity index (χ2n) is 6.25. The van der Waals surface area contributed by atoms with Gasteiger partial charge in [-0.05, 0) is 54.8 Å². The van der Waals surface area contributed by atoms with Crippen LogP contribution in [0.25, 0.3) is 0 Å². The van der Waals surface area contributed by atoms with Crippen LogP contribution >= 0.6 is 0 Å². The summed E-state index contributed by atoms with van der Waals surface area (Å²) in [6.45, 7) is 6.24. The minimum Gasteiger partial charge on any atom is -0.340 e. The third-order valence-electron chi connectivity index (χ3n) is 3.80. The molecule has 0 atom stereocenters. The molecular weight excluding hydrogens is 315 g/mol. The van der Waals surface area contributed by atoms with Gasteiger partial charge < -0.3 is 10.6 Å². The average Bonchev–Trinajstić information content (AvgIpc) is 2.57. The molecule has 0 aliphatic carbocycles. The van der Waals surface area contributed by atoms with Crippen molar-refractivity contribution in [2.75, 3.05) is 10.6 Å². The van der Waals surface area contributed by atoms with Gasteiger partial charge >= 0.3 is 0 Å². The van der Waals surface area contributed by atoms with E-state index in [0.29, 0.717) is 17.7 Å². The first-order valence-electron chi connectivity index (χ1n) is 8.25. The highest BCUT2D eigenvalue weighted by atomic mass is 19.1. The summed E-state index contributed by atoms with van der Waals surface area (Å²) >= 11 is 0. The first kappa shape index (κ1) is 16.9. The number of hydrogen-bond acceptors (Lipinski definition) is 4. The van der Waals surface area contributed by atoms with Crippen LogP contribution in [0.15, 0.2) is 54.6 Å². The lowest BCUT2D eigenvalue weighted by atomic mass is 10.0. The molecule has 0 radical (unpaired) electrons. The van der Waals surface area contributed by atoms with Crippen molar-refractivity contribution >= 4 is 23.1 Å². The fraction of sp³-hybridized carbons (Fsp3) is 0.200. The van der Waals surface area contributed by atoms with Crippen LogP contribution in [0, 0.1) is 12.7 Å². The Hall–Kier alpha value is -2.95. The quantitative estimate of drug-likeness (QED) is 0.643. The molecule has 0 unspecified atom stereocenters. The second kappa shape index (κ2) is 7.30. The molecule has 4 nitrogen and oxygen atoms in total. The van der Waals surface area contributed by atoms with Gasteiger partial charge in [-0.1, -0.05) is 26.0 Å². The van der Waals surface area contributed by atoms with Crippen LogP contribution in [0.3, 0.4) is 0 Å². The summed E-state index contributed by atoms with van der Waals surface area (Å²) < 4.78 is 13.0. The maximum atomic E-state index is 13.0. The number of benzene rings is 2. The Bertz CT molecular complexity index is 843. The summed E-state index contributed by atoms with van der Waals surface area (Å²) in [6.07, 6.45) is 0. The number of halogens is 1. The molecule has 25 heavy (non-hydrogen) atoms. The molecule has 5 heteroatoms. The minimum atomic E-state index is -0.267. The van der Waals surface area contributed by atoms with Crippen molar-refractivity contribution in [3.05, 3.63) is 71.7 Å². The normalized spacial score (nSPS) is 10.8. The largest absolute Gasteiger partial charge is 0.340 e. The van der Waals surface area contributed by atoms with Crippen molar-refractivity contribution in [2.24, 2.45) is 0 Å². The Morgan fingerprint density at radius 2 is 1.44 bits per heavy atom. The number of anilines is 4. The van der Waals surface area contributed by atoms with E-state index in [1.54, 1.807) is 12.1 Å². The van der Waals surface area contributed by atoms with Gasteiger partial charge in [0, 0.05) is 23.1 Å². The Labute approximate surface area is 147 Å². The number of nitrogens with zero attached hydrogens (tertiary/aromatic N) is 2. The molecule has 3 aromatic rings. The third kappa shape index (κ3) is 4.53. The predicted molar refractivity (Wildman–Crippen MR) is 100 cm³/mol. The van der Waals surface area contributed by atoms with Crippen LogP contribution in [0.1, 0.15) is 31.0 Å². The molecule has 0 aliphatic heterocycles. The van der Waals surface area contributed by atoms with E-state index in [9.17, 15) is 4.39 Å². The Morgan fingerprint density at radius 3 is 2.08 bits per heavy atom. The van der Waals surface area contributed by atoms with E-state index < -0.39 is 0 Å². The molecule has 0 saturated heterocycles. The lowest BCUT2D eigenvalue weighted by Gasteiger charge is -2.11. The molecule has 0 aliphatic rings. The van der Waals surface area contributed by atoms with Crippen molar-refractivity contribution in [3.63, 3.8) is 0 Å². The van der Waals surface area contributed by atoms with Crippen molar-refractivity contribution in [1.82, 2.24) is 9.97 Å². The zero-order chi connectivity index (χ0) is 17.8. The van der Waals surface area contributed by atoms with Crippen LogP contribution in [0.2, 0.25) is 0 Å².